The van der Waals surface area contributed by atoms with Gasteiger partial charge in [-0.2, -0.15) is 0 Å². The van der Waals surface area contributed by atoms with Gasteiger partial charge in [0.15, 0.2) is 0 Å². The minimum atomic E-state index is 0.194. The van der Waals surface area contributed by atoms with Crippen molar-refractivity contribution in [3.63, 3.8) is 0 Å². The summed E-state index contributed by atoms with van der Waals surface area (Å²) in [5, 5.41) is 3.14. The highest BCUT2D eigenvalue weighted by Crippen LogP contribution is 2.07. The molecule has 1 fully saturated rings. The fourth-order valence-corrected chi connectivity index (χ4v) is 1.73. The van der Waals surface area contributed by atoms with Crippen molar-refractivity contribution in [2.45, 2.75) is 6.04 Å². The summed E-state index contributed by atoms with van der Waals surface area (Å²) in [5.41, 5.74) is 0. The Bertz CT molecular complexity index is 217. The van der Waals surface area contributed by atoms with Crippen molar-refractivity contribution in [1.82, 2.24) is 15.1 Å². The molecule has 1 amide bonds. The highest BCUT2D eigenvalue weighted by atomic mass is 16.2. The maximum atomic E-state index is 11.6. The minimum absolute atomic E-state index is 0.194. The van der Waals surface area contributed by atoms with Crippen molar-refractivity contribution in [3.8, 4) is 0 Å². The number of piperazine rings is 1. The quantitative estimate of drug-likeness (QED) is 0.619. The Kier molecular flexibility index (Phi) is 4.10. The average molecular weight is 197 g/mol. The molecular weight excluding hydrogens is 178 g/mol. The highest BCUT2D eigenvalue weighted by Gasteiger charge is 2.28. The van der Waals surface area contributed by atoms with Crippen LogP contribution >= 0.6 is 0 Å². The maximum Gasteiger partial charge on any atom is 0.237 e. The van der Waals surface area contributed by atoms with Crippen LogP contribution in [-0.2, 0) is 4.79 Å². The van der Waals surface area contributed by atoms with Crippen LogP contribution in [0.15, 0.2) is 12.7 Å². The SMILES string of the molecule is C=CCN1CC(CNC)N(C)CC1=O. The van der Waals surface area contributed by atoms with Crippen LogP contribution in [0.4, 0.5) is 0 Å². The lowest BCUT2D eigenvalue weighted by Crippen LogP contribution is -2.57. The fourth-order valence-electron chi connectivity index (χ4n) is 1.73. The van der Waals surface area contributed by atoms with Crippen LogP contribution in [0, 0.1) is 0 Å². The molecule has 0 spiro atoms. The Morgan fingerprint density at radius 1 is 1.71 bits per heavy atom. The lowest BCUT2D eigenvalue weighted by atomic mass is 10.1. The third kappa shape index (κ3) is 2.56. The monoisotopic (exact) mass is 197 g/mol. The lowest BCUT2D eigenvalue weighted by Gasteiger charge is -2.38. The van der Waals surface area contributed by atoms with Gasteiger partial charge < -0.3 is 10.2 Å². The largest absolute Gasteiger partial charge is 0.336 e. The normalized spacial score (nSPS) is 24.0. The van der Waals surface area contributed by atoms with Crippen LogP contribution in [0.5, 0.6) is 0 Å². The third-order valence-electron chi connectivity index (χ3n) is 2.58. The minimum Gasteiger partial charge on any atom is -0.336 e. The first kappa shape index (κ1) is 11.2. The number of hydrogen-bond donors (Lipinski definition) is 1. The lowest BCUT2D eigenvalue weighted by molar-refractivity contribution is -0.136. The maximum absolute atomic E-state index is 11.6. The molecule has 0 aromatic rings. The molecule has 0 bridgehead atoms. The van der Waals surface area contributed by atoms with Gasteiger partial charge in [-0.3, -0.25) is 9.69 Å². The van der Waals surface area contributed by atoms with Gasteiger partial charge in [-0.1, -0.05) is 6.08 Å². The van der Waals surface area contributed by atoms with Crippen LogP contribution in [-0.4, -0.2) is 62.0 Å². The number of nitrogens with zero attached hydrogens (tertiary/aromatic N) is 2. The van der Waals surface area contributed by atoms with E-state index < -0.39 is 0 Å². The summed E-state index contributed by atoms with van der Waals surface area (Å²) in [6.45, 7) is 6.54. The van der Waals surface area contributed by atoms with Gasteiger partial charge in [-0.25, -0.2) is 0 Å². The Morgan fingerprint density at radius 3 is 3.00 bits per heavy atom. The smallest absolute Gasteiger partial charge is 0.237 e. The van der Waals surface area contributed by atoms with E-state index in [2.05, 4.69) is 16.8 Å². The number of rotatable bonds is 4. The summed E-state index contributed by atoms with van der Waals surface area (Å²) < 4.78 is 0. The second-order valence-corrected chi connectivity index (χ2v) is 3.71. The molecule has 1 saturated heterocycles. The van der Waals surface area contributed by atoms with Crippen molar-refractivity contribution in [1.29, 1.82) is 0 Å². The van der Waals surface area contributed by atoms with Crippen LogP contribution in [0.2, 0.25) is 0 Å². The zero-order valence-electron chi connectivity index (χ0n) is 8.99. The van der Waals surface area contributed by atoms with Gasteiger partial charge in [0.05, 0.1) is 6.54 Å². The van der Waals surface area contributed by atoms with Crippen molar-refractivity contribution in [2.24, 2.45) is 0 Å². The van der Waals surface area contributed by atoms with E-state index >= 15 is 0 Å². The first-order chi connectivity index (χ1) is 6.69. The molecule has 0 aliphatic carbocycles. The Morgan fingerprint density at radius 2 is 2.43 bits per heavy atom. The van der Waals surface area contributed by atoms with E-state index in [4.69, 9.17) is 0 Å². The molecule has 0 aromatic carbocycles. The zero-order valence-corrected chi connectivity index (χ0v) is 8.99. The fraction of sp³-hybridized carbons (Fsp3) is 0.700. The number of carbonyl (C=O) groups excluding carboxylic acids is 1. The molecule has 0 aromatic heterocycles. The molecule has 14 heavy (non-hydrogen) atoms. The molecule has 1 rings (SSSR count). The number of nitrogens with one attached hydrogen (secondary N) is 1. The third-order valence-corrected chi connectivity index (χ3v) is 2.58. The molecule has 1 unspecified atom stereocenters. The first-order valence-corrected chi connectivity index (χ1v) is 4.92. The van der Waals surface area contributed by atoms with Gasteiger partial charge in [-0.05, 0) is 14.1 Å². The summed E-state index contributed by atoms with van der Waals surface area (Å²) in [7, 11) is 3.92. The van der Waals surface area contributed by atoms with Gasteiger partial charge in [0.25, 0.3) is 0 Å². The van der Waals surface area contributed by atoms with Crippen molar-refractivity contribution >= 4 is 5.91 Å². The average Bonchev–Trinajstić information content (AvgIpc) is 2.14. The molecule has 1 aliphatic rings. The van der Waals surface area contributed by atoms with Crippen molar-refractivity contribution in [3.05, 3.63) is 12.7 Å². The van der Waals surface area contributed by atoms with Crippen LogP contribution in [0.25, 0.3) is 0 Å². The van der Waals surface area contributed by atoms with Crippen LogP contribution < -0.4 is 5.32 Å². The molecule has 1 N–H and O–H groups in total. The summed E-state index contributed by atoms with van der Waals surface area (Å²) >= 11 is 0. The second-order valence-electron chi connectivity index (χ2n) is 3.71. The summed E-state index contributed by atoms with van der Waals surface area (Å²) in [6.07, 6.45) is 1.78. The topological polar surface area (TPSA) is 35.6 Å². The van der Waals surface area contributed by atoms with E-state index in [1.54, 1.807) is 6.08 Å². The molecule has 1 heterocycles. The van der Waals surface area contributed by atoms with E-state index in [1.165, 1.54) is 0 Å². The molecule has 4 heteroatoms. The number of hydrogen-bond acceptors (Lipinski definition) is 3. The van der Waals surface area contributed by atoms with Gasteiger partial charge in [0.2, 0.25) is 5.91 Å². The van der Waals surface area contributed by atoms with E-state index in [1.807, 2.05) is 19.0 Å². The summed E-state index contributed by atoms with van der Waals surface area (Å²) in [5.74, 6) is 0.194. The van der Waals surface area contributed by atoms with E-state index in [0.717, 1.165) is 13.1 Å². The first-order valence-electron chi connectivity index (χ1n) is 4.92. The van der Waals surface area contributed by atoms with Gasteiger partial charge in [0, 0.05) is 25.7 Å². The molecule has 4 nitrogen and oxygen atoms in total. The molecular formula is C10H19N3O. The Hall–Kier alpha value is -0.870. The van der Waals surface area contributed by atoms with Gasteiger partial charge in [0.1, 0.15) is 0 Å². The summed E-state index contributed by atoms with van der Waals surface area (Å²) in [6, 6.07) is 0.414. The summed E-state index contributed by atoms with van der Waals surface area (Å²) in [4.78, 5) is 15.5. The Labute approximate surface area is 85.6 Å². The second kappa shape index (κ2) is 5.12. The predicted octanol–water partition coefficient (Wildman–Crippen LogP) is -0.466. The number of amides is 1. The standard InChI is InChI=1S/C10H19N3O/c1-4-5-13-7-9(6-11-2)12(3)8-10(13)14/h4,9,11H,1,5-8H2,2-3H3. The molecule has 0 radical (unpaired) electrons. The van der Waals surface area contributed by atoms with E-state index in [0.29, 0.717) is 19.1 Å². The van der Waals surface area contributed by atoms with Gasteiger partial charge in [-0.15, -0.1) is 6.58 Å². The molecule has 1 atom stereocenters. The van der Waals surface area contributed by atoms with Crippen LogP contribution in [0.1, 0.15) is 0 Å². The van der Waals surface area contributed by atoms with Crippen LogP contribution in [0.3, 0.4) is 0 Å². The van der Waals surface area contributed by atoms with E-state index in [9.17, 15) is 4.79 Å². The predicted molar refractivity (Wildman–Crippen MR) is 57.1 cm³/mol. The number of carbonyl (C=O) groups is 1. The molecule has 1 aliphatic heterocycles. The van der Waals surface area contributed by atoms with E-state index in [-0.39, 0.29) is 5.91 Å². The van der Waals surface area contributed by atoms with Crippen molar-refractivity contribution in [2.75, 3.05) is 40.3 Å². The van der Waals surface area contributed by atoms with Crippen molar-refractivity contribution < 1.29 is 4.79 Å². The highest BCUT2D eigenvalue weighted by molar-refractivity contribution is 5.79. The van der Waals surface area contributed by atoms with Gasteiger partial charge >= 0.3 is 0 Å². The zero-order chi connectivity index (χ0) is 10.6. The Balaban J connectivity index is 2.55. The molecule has 80 valence electrons. The molecule has 0 saturated carbocycles. The number of likely N-dealkylation sites (N-methyl/N-ethyl adjacent to an activating group) is 2.